The summed E-state index contributed by atoms with van der Waals surface area (Å²) in [4.78, 5) is 23.6. The lowest BCUT2D eigenvalue weighted by atomic mass is 10.1. The van der Waals surface area contributed by atoms with Crippen LogP contribution in [0.3, 0.4) is 0 Å². The lowest BCUT2D eigenvalue weighted by molar-refractivity contribution is -0.145. The van der Waals surface area contributed by atoms with Crippen molar-refractivity contribution in [2.75, 3.05) is 13.1 Å². The summed E-state index contributed by atoms with van der Waals surface area (Å²) in [6.45, 7) is 2.63. The monoisotopic (exact) mass is 415 g/mol. The van der Waals surface area contributed by atoms with Gasteiger partial charge in [0, 0.05) is 5.56 Å². The van der Waals surface area contributed by atoms with Gasteiger partial charge in [-0.05, 0) is 43.2 Å². The van der Waals surface area contributed by atoms with E-state index in [4.69, 9.17) is 10.00 Å². The fourth-order valence-corrected chi connectivity index (χ4v) is 3.39. The number of hydrogen-bond donors (Lipinski definition) is 2. The summed E-state index contributed by atoms with van der Waals surface area (Å²) in [5, 5.41) is 11.3. The van der Waals surface area contributed by atoms with E-state index in [1.165, 1.54) is 12.1 Å². The van der Waals surface area contributed by atoms with Crippen molar-refractivity contribution < 1.29 is 22.7 Å². The highest BCUT2D eigenvalue weighted by Crippen LogP contribution is 2.14. The van der Waals surface area contributed by atoms with Crippen LogP contribution in [0.4, 0.5) is 0 Å². The highest BCUT2D eigenvalue weighted by atomic mass is 32.2. The van der Waals surface area contributed by atoms with Crippen LogP contribution in [-0.4, -0.2) is 33.4 Å². The predicted molar refractivity (Wildman–Crippen MR) is 105 cm³/mol. The van der Waals surface area contributed by atoms with Gasteiger partial charge in [0.1, 0.15) is 13.2 Å². The van der Waals surface area contributed by atoms with Gasteiger partial charge in [-0.3, -0.25) is 9.59 Å². The van der Waals surface area contributed by atoms with Gasteiger partial charge in [-0.15, -0.1) is 0 Å². The third-order valence-corrected chi connectivity index (χ3v) is 5.57. The third-order valence-electron chi connectivity index (χ3n) is 4.17. The first-order valence-electron chi connectivity index (χ1n) is 8.70. The Kier molecular flexibility index (Phi) is 7.47. The number of nitrogens with one attached hydrogen (secondary N) is 2. The Morgan fingerprint density at radius 2 is 1.79 bits per heavy atom. The molecule has 152 valence electrons. The molecule has 2 rings (SSSR count). The number of sulfonamides is 1. The van der Waals surface area contributed by atoms with Crippen LogP contribution in [0.25, 0.3) is 0 Å². The zero-order chi connectivity index (χ0) is 21.4. The second-order valence-electron chi connectivity index (χ2n) is 6.28. The van der Waals surface area contributed by atoms with Crippen molar-refractivity contribution in [3.8, 4) is 6.07 Å². The van der Waals surface area contributed by atoms with Gasteiger partial charge in [0.15, 0.2) is 0 Å². The molecule has 0 bridgehead atoms. The van der Waals surface area contributed by atoms with Gasteiger partial charge < -0.3 is 10.1 Å². The van der Waals surface area contributed by atoms with E-state index in [9.17, 15) is 18.0 Å². The number of aryl methyl sites for hydroxylation is 2. The summed E-state index contributed by atoms with van der Waals surface area (Å²) < 4.78 is 31.7. The van der Waals surface area contributed by atoms with Gasteiger partial charge in [0.25, 0.3) is 0 Å². The van der Waals surface area contributed by atoms with Gasteiger partial charge in [-0.2, -0.15) is 5.26 Å². The Balaban J connectivity index is 1.79. The molecular weight excluding hydrogens is 394 g/mol. The summed E-state index contributed by atoms with van der Waals surface area (Å²) in [7, 11) is -3.84. The Hall–Kier alpha value is -3.22. The molecule has 0 aliphatic carbocycles. The molecule has 9 heteroatoms. The number of amides is 1. The molecule has 8 nitrogen and oxygen atoms in total. The molecule has 0 saturated heterocycles. The van der Waals surface area contributed by atoms with E-state index in [1.54, 1.807) is 37.3 Å². The van der Waals surface area contributed by atoms with E-state index in [0.29, 0.717) is 11.1 Å². The van der Waals surface area contributed by atoms with E-state index >= 15 is 0 Å². The first-order chi connectivity index (χ1) is 13.7. The molecule has 1 amide bonds. The SMILES string of the molecule is Cc1ccc(S(=O)(=O)NCC(=O)NCC(=O)OCc2ccccc2C#N)cc1C. The van der Waals surface area contributed by atoms with Gasteiger partial charge >= 0.3 is 5.97 Å². The van der Waals surface area contributed by atoms with Crippen molar-refractivity contribution in [3.05, 3.63) is 64.7 Å². The average molecular weight is 415 g/mol. The summed E-state index contributed by atoms with van der Waals surface area (Å²) in [6, 6.07) is 13.3. The van der Waals surface area contributed by atoms with Crippen molar-refractivity contribution in [2.45, 2.75) is 25.3 Å². The maximum Gasteiger partial charge on any atom is 0.325 e. The van der Waals surface area contributed by atoms with Crippen LogP contribution in [0.1, 0.15) is 22.3 Å². The molecule has 0 aliphatic rings. The van der Waals surface area contributed by atoms with Crippen LogP contribution in [0.5, 0.6) is 0 Å². The summed E-state index contributed by atoms with van der Waals surface area (Å²) >= 11 is 0. The van der Waals surface area contributed by atoms with Crippen molar-refractivity contribution in [1.82, 2.24) is 10.0 Å². The molecule has 0 aromatic heterocycles. The minimum absolute atomic E-state index is 0.0592. The minimum Gasteiger partial charge on any atom is -0.459 e. The van der Waals surface area contributed by atoms with Gasteiger partial charge in [0.05, 0.1) is 23.1 Å². The normalized spacial score (nSPS) is 10.8. The Labute approximate surface area is 169 Å². The van der Waals surface area contributed by atoms with E-state index in [2.05, 4.69) is 10.0 Å². The van der Waals surface area contributed by atoms with Gasteiger partial charge in [0.2, 0.25) is 15.9 Å². The topological polar surface area (TPSA) is 125 Å². The number of benzene rings is 2. The van der Waals surface area contributed by atoms with Crippen molar-refractivity contribution >= 4 is 21.9 Å². The first-order valence-corrected chi connectivity index (χ1v) is 10.2. The quantitative estimate of drug-likeness (QED) is 0.626. The molecular formula is C20H21N3O5S. The van der Waals surface area contributed by atoms with Crippen LogP contribution in [-0.2, 0) is 31.0 Å². The van der Waals surface area contributed by atoms with Crippen molar-refractivity contribution in [3.63, 3.8) is 0 Å². The number of nitrogens with zero attached hydrogens (tertiary/aromatic N) is 1. The predicted octanol–water partition coefficient (Wildman–Crippen LogP) is 1.31. The molecule has 29 heavy (non-hydrogen) atoms. The van der Waals surface area contributed by atoms with E-state index in [1.807, 2.05) is 13.0 Å². The average Bonchev–Trinajstić information content (AvgIpc) is 2.71. The largest absolute Gasteiger partial charge is 0.459 e. The zero-order valence-corrected chi connectivity index (χ0v) is 16.9. The molecule has 0 radical (unpaired) electrons. The Morgan fingerprint density at radius 3 is 2.48 bits per heavy atom. The molecule has 0 heterocycles. The molecule has 0 spiro atoms. The van der Waals surface area contributed by atoms with Gasteiger partial charge in [-0.1, -0.05) is 24.3 Å². The van der Waals surface area contributed by atoms with Crippen LogP contribution in [0, 0.1) is 25.2 Å². The summed E-state index contributed by atoms with van der Waals surface area (Å²) in [5.74, 6) is -1.38. The number of carbonyl (C=O) groups excluding carboxylic acids is 2. The molecule has 2 N–H and O–H groups in total. The lowest BCUT2D eigenvalue weighted by Gasteiger charge is -2.10. The van der Waals surface area contributed by atoms with E-state index in [0.717, 1.165) is 11.1 Å². The van der Waals surface area contributed by atoms with Crippen molar-refractivity contribution in [1.29, 1.82) is 5.26 Å². The fourth-order valence-electron chi connectivity index (χ4n) is 2.32. The number of ether oxygens (including phenoxy) is 1. The second kappa shape index (κ2) is 9.82. The lowest BCUT2D eigenvalue weighted by Crippen LogP contribution is -2.39. The van der Waals surface area contributed by atoms with Crippen LogP contribution in [0.2, 0.25) is 0 Å². The molecule has 0 saturated carbocycles. The van der Waals surface area contributed by atoms with E-state index in [-0.39, 0.29) is 11.5 Å². The summed E-state index contributed by atoms with van der Waals surface area (Å²) in [5.41, 5.74) is 2.72. The van der Waals surface area contributed by atoms with Crippen LogP contribution < -0.4 is 10.0 Å². The number of hydrogen-bond acceptors (Lipinski definition) is 6. The summed E-state index contributed by atoms with van der Waals surface area (Å²) in [6.07, 6.45) is 0. The van der Waals surface area contributed by atoms with E-state index < -0.39 is 35.0 Å². The minimum atomic E-state index is -3.84. The number of carbonyl (C=O) groups is 2. The molecule has 0 atom stereocenters. The number of esters is 1. The van der Waals surface area contributed by atoms with Crippen molar-refractivity contribution in [2.24, 2.45) is 0 Å². The first kappa shape index (κ1) is 22.1. The number of nitriles is 1. The molecule has 0 aliphatic heterocycles. The number of rotatable bonds is 8. The van der Waals surface area contributed by atoms with Crippen LogP contribution in [0.15, 0.2) is 47.4 Å². The second-order valence-corrected chi connectivity index (χ2v) is 8.04. The zero-order valence-electron chi connectivity index (χ0n) is 16.1. The maximum atomic E-state index is 12.2. The Bertz CT molecular complexity index is 1060. The fraction of sp³-hybridized carbons (Fsp3) is 0.250. The molecule has 2 aromatic rings. The maximum absolute atomic E-state index is 12.2. The highest BCUT2D eigenvalue weighted by molar-refractivity contribution is 7.89. The highest BCUT2D eigenvalue weighted by Gasteiger charge is 2.16. The smallest absolute Gasteiger partial charge is 0.325 e. The molecule has 0 unspecified atom stereocenters. The van der Waals surface area contributed by atoms with Gasteiger partial charge in [-0.25, -0.2) is 13.1 Å². The molecule has 0 fully saturated rings. The van der Waals surface area contributed by atoms with Crippen LogP contribution >= 0.6 is 0 Å². The third kappa shape index (κ3) is 6.41. The standard InChI is InChI=1S/C20H21N3O5S/c1-14-7-8-18(9-15(14)2)29(26,27)23-11-19(24)22-12-20(25)28-13-17-6-4-3-5-16(17)10-21/h3-9,23H,11-13H2,1-2H3,(H,22,24). The molecule has 2 aromatic carbocycles. The Morgan fingerprint density at radius 1 is 1.07 bits per heavy atom.